The van der Waals surface area contributed by atoms with E-state index in [9.17, 15) is 4.79 Å². The van der Waals surface area contributed by atoms with E-state index in [4.69, 9.17) is 19.9 Å². The zero-order valence-electron chi connectivity index (χ0n) is 16.5. The van der Waals surface area contributed by atoms with Crippen molar-refractivity contribution < 1.29 is 19.0 Å². The van der Waals surface area contributed by atoms with Crippen molar-refractivity contribution in [1.29, 1.82) is 0 Å². The molecule has 1 aromatic heterocycles. The molecule has 1 amide bonds. The van der Waals surface area contributed by atoms with E-state index in [2.05, 4.69) is 4.98 Å². The van der Waals surface area contributed by atoms with Crippen molar-refractivity contribution in [3.05, 3.63) is 71.5 Å². The Hall–Kier alpha value is -3.26. The number of halogens is 1. The lowest BCUT2D eigenvalue weighted by atomic mass is 9.77. The number of carbonyl (C=O) groups excluding carboxylic acids is 1. The number of aromatic nitrogens is 1. The summed E-state index contributed by atoms with van der Waals surface area (Å²) in [5.74, 6) is 1.89. The fourth-order valence-electron chi connectivity index (χ4n) is 4.60. The van der Waals surface area contributed by atoms with Gasteiger partial charge in [-0.25, -0.2) is 0 Å². The summed E-state index contributed by atoms with van der Waals surface area (Å²) in [4.78, 5) is 20.1. The van der Waals surface area contributed by atoms with Crippen LogP contribution in [0.1, 0.15) is 16.8 Å². The van der Waals surface area contributed by atoms with Gasteiger partial charge in [0.25, 0.3) is 0 Å². The lowest BCUT2D eigenvalue weighted by Gasteiger charge is -2.24. The summed E-state index contributed by atoms with van der Waals surface area (Å²) in [6.07, 6.45) is 1.69. The molecule has 1 atom stereocenters. The molecule has 2 aromatic carbocycles. The number of carbonyl (C=O) groups is 1. The number of fused-ring (bicyclic) bond motifs is 5. The Balaban J connectivity index is 0.00000204. The van der Waals surface area contributed by atoms with E-state index in [1.165, 1.54) is 0 Å². The van der Waals surface area contributed by atoms with Crippen molar-refractivity contribution in [3.63, 3.8) is 0 Å². The second-order valence-corrected chi connectivity index (χ2v) is 7.63. The molecule has 7 nitrogen and oxygen atoms in total. The van der Waals surface area contributed by atoms with Crippen LogP contribution in [0.2, 0.25) is 0 Å². The number of nitrogens with zero attached hydrogens (tertiary/aromatic N) is 2. The summed E-state index contributed by atoms with van der Waals surface area (Å²) in [5.41, 5.74) is 8.98. The van der Waals surface area contributed by atoms with Crippen LogP contribution in [-0.2, 0) is 16.8 Å². The van der Waals surface area contributed by atoms with Crippen molar-refractivity contribution in [3.8, 4) is 17.2 Å². The van der Waals surface area contributed by atoms with Crippen molar-refractivity contribution in [2.75, 3.05) is 30.5 Å². The number of benzene rings is 2. The molecule has 1 spiro atoms. The number of para-hydroxylation sites is 1. The molecule has 3 aliphatic heterocycles. The SMILES string of the molecule is Br.Nc1cccnc1CN1C(=O)C2(COc3cc4c(cc32)OCCO4)c2ccccc21. The number of rotatable bonds is 2. The van der Waals surface area contributed by atoms with Crippen LogP contribution in [0.4, 0.5) is 11.4 Å². The van der Waals surface area contributed by atoms with Crippen LogP contribution in [0.3, 0.4) is 0 Å². The maximum Gasteiger partial charge on any atom is 0.246 e. The minimum absolute atomic E-state index is 0. The molecule has 3 aliphatic rings. The largest absolute Gasteiger partial charge is 0.491 e. The molecular formula is C23H20BrN3O4. The Bertz CT molecular complexity index is 1200. The van der Waals surface area contributed by atoms with E-state index in [1.54, 1.807) is 23.2 Å². The monoisotopic (exact) mass is 481 g/mol. The number of pyridine rings is 1. The first kappa shape index (κ1) is 19.7. The molecule has 6 rings (SSSR count). The number of nitrogens with two attached hydrogens (primary N) is 1. The van der Waals surface area contributed by atoms with E-state index >= 15 is 0 Å². The molecule has 0 aliphatic carbocycles. The molecule has 2 N–H and O–H groups in total. The second kappa shape index (κ2) is 7.16. The van der Waals surface area contributed by atoms with Gasteiger partial charge in [-0.1, -0.05) is 18.2 Å². The minimum Gasteiger partial charge on any atom is -0.491 e. The highest BCUT2D eigenvalue weighted by Gasteiger charge is 2.57. The first-order chi connectivity index (χ1) is 14.7. The number of amides is 1. The van der Waals surface area contributed by atoms with Crippen LogP contribution in [-0.4, -0.2) is 30.7 Å². The first-order valence-corrected chi connectivity index (χ1v) is 9.86. The van der Waals surface area contributed by atoms with Gasteiger partial charge in [0.2, 0.25) is 5.91 Å². The zero-order valence-corrected chi connectivity index (χ0v) is 18.3. The maximum atomic E-state index is 13.9. The van der Waals surface area contributed by atoms with E-state index < -0.39 is 5.41 Å². The highest BCUT2D eigenvalue weighted by atomic mass is 79.9. The van der Waals surface area contributed by atoms with E-state index in [1.807, 2.05) is 36.4 Å². The normalized spacial score (nSPS) is 20.1. The third-order valence-corrected chi connectivity index (χ3v) is 6.05. The zero-order chi connectivity index (χ0) is 20.3. The van der Waals surface area contributed by atoms with Crippen LogP contribution in [0, 0.1) is 0 Å². The molecule has 1 unspecified atom stereocenters. The van der Waals surface area contributed by atoms with Crippen molar-refractivity contribution >= 4 is 34.3 Å². The third kappa shape index (κ3) is 2.71. The van der Waals surface area contributed by atoms with Gasteiger partial charge in [-0.05, 0) is 29.8 Å². The Kier molecular flexibility index (Phi) is 4.55. The van der Waals surface area contributed by atoms with E-state index in [0.717, 1.165) is 16.8 Å². The van der Waals surface area contributed by atoms with Gasteiger partial charge in [0.15, 0.2) is 11.5 Å². The van der Waals surface area contributed by atoms with Gasteiger partial charge >= 0.3 is 0 Å². The molecule has 4 heterocycles. The van der Waals surface area contributed by atoms with E-state index in [-0.39, 0.29) is 29.5 Å². The van der Waals surface area contributed by atoms with Gasteiger partial charge < -0.3 is 24.8 Å². The van der Waals surface area contributed by atoms with Crippen LogP contribution >= 0.6 is 17.0 Å². The quantitative estimate of drug-likeness (QED) is 0.604. The summed E-state index contributed by atoms with van der Waals surface area (Å²) in [6, 6.07) is 15.1. The molecule has 8 heteroatoms. The van der Waals surface area contributed by atoms with Gasteiger partial charge in [0, 0.05) is 23.5 Å². The predicted molar refractivity (Wildman–Crippen MR) is 120 cm³/mol. The van der Waals surface area contributed by atoms with Gasteiger partial charge in [-0.15, -0.1) is 17.0 Å². The molecule has 3 aromatic rings. The average Bonchev–Trinajstić information content (AvgIpc) is 3.26. The van der Waals surface area contributed by atoms with Crippen LogP contribution in [0.15, 0.2) is 54.7 Å². The molecule has 0 fully saturated rings. The number of hydrogen-bond acceptors (Lipinski definition) is 6. The van der Waals surface area contributed by atoms with E-state index in [0.29, 0.717) is 48.4 Å². The number of nitrogen functional groups attached to an aromatic ring is 1. The number of hydrogen-bond donors (Lipinski definition) is 1. The summed E-state index contributed by atoms with van der Waals surface area (Å²) in [6.45, 7) is 1.51. The van der Waals surface area contributed by atoms with Crippen molar-refractivity contribution in [2.24, 2.45) is 0 Å². The van der Waals surface area contributed by atoms with Crippen molar-refractivity contribution in [2.45, 2.75) is 12.0 Å². The van der Waals surface area contributed by atoms with Gasteiger partial charge in [-0.3, -0.25) is 9.78 Å². The minimum atomic E-state index is -0.925. The van der Waals surface area contributed by atoms with Gasteiger partial charge in [0.1, 0.15) is 31.0 Å². The summed E-state index contributed by atoms with van der Waals surface area (Å²) in [5, 5.41) is 0. The summed E-state index contributed by atoms with van der Waals surface area (Å²) < 4.78 is 17.5. The lowest BCUT2D eigenvalue weighted by molar-refractivity contribution is -0.122. The highest BCUT2D eigenvalue weighted by Crippen LogP contribution is 2.55. The van der Waals surface area contributed by atoms with Crippen molar-refractivity contribution in [1.82, 2.24) is 4.98 Å². The molecule has 158 valence electrons. The molecule has 0 saturated carbocycles. The van der Waals surface area contributed by atoms with Crippen LogP contribution in [0.25, 0.3) is 0 Å². The Morgan fingerprint density at radius 2 is 1.74 bits per heavy atom. The highest BCUT2D eigenvalue weighted by molar-refractivity contribution is 8.93. The Labute approximate surface area is 189 Å². The fourth-order valence-corrected chi connectivity index (χ4v) is 4.60. The first-order valence-electron chi connectivity index (χ1n) is 9.86. The molecule has 0 radical (unpaired) electrons. The average molecular weight is 482 g/mol. The van der Waals surface area contributed by atoms with Gasteiger partial charge in [-0.2, -0.15) is 0 Å². The third-order valence-electron chi connectivity index (χ3n) is 6.05. The van der Waals surface area contributed by atoms with Crippen LogP contribution < -0.4 is 24.8 Å². The smallest absolute Gasteiger partial charge is 0.246 e. The molecular weight excluding hydrogens is 462 g/mol. The maximum absolute atomic E-state index is 13.9. The predicted octanol–water partition coefficient (Wildman–Crippen LogP) is 3.24. The Morgan fingerprint density at radius 3 is 2.55 bits per heavy atom. The molecule has 0 saturated heterocycles. The molecule has 31 heavy (non-hydrogen) atoms. The molecule has 0 bridgehead atoms. The fraction of sp³-hybridized carbons (Fsp3) is 0.217. The Morgan fingerprint density at radius 1 is 0.968 bits per heavy atom. The topological polar surface area (TPSA) is 86.9 Å². The summed E-state index contributed by atoms with van der Waals surface area (Å²) in [7, 11) is 0. The lowest BCUT2D eigenvalue weighted by Crippen LogP contribution is -2.42. The number of ether oxygens (including phenoxy) is 3. The standard InChI is InChI=1S/C23H19N3O4.BrH/c24-16-5-3-7-25-17(16)12-26-18-6-2-1-4-14(18)23(22(26)27)13-30-19-11-21-20(10-15(19)23)28-8-9-29-21;/h1-7,10-11H,8-9,12-13,24H2;1H. The summed E-state index contributed by atoms with van der Waals surface area (Å²) >= 11 is 0. The van der Waals surface area contributed by atoms with Gasteiger partial charge in [0.05, 0.1) is 17.9 Å². The number of anilines is 2. The van der Waals surface area contributed by atoms with Crippen LogP contribution in [0.5, 0.6) is 17.2 Å². The second-order valence-electron chi connectivity index (χ2n) is 7.63.